The molecule has 3 aromatic rings. The van der Waals surface area contributed by atoms with Crippen molar-refractivity contribution < 1.29 is 4.79 Å². The fraction of sp³-hybridized carbons (Fsp3) is 0.111. The van der Waals surface area contributed by atoms with Gasteiger partial charge in [0.05, 0.1) is 12.7 Å². The average Bonchev–Trinajstić information content (AvgIpc) is 3.25. The highest BCUT2D eigenvalue weighted by Gasteiger charge is 2.15. The summed E-state index contributed by atoms with van der Waals surface area (Å²) in [7, 11) is 0. The van der Waals surface area contributed by atoms with Crippen molar-refractivity contribution >= 4 is 29.1 Å². The lowest BCUT2D eigenvalue weighted by Crippen LogP contribution is -2.28. The minimum atomic E-state index is -0.0803. The van der Waals surface area contributed by atoms with E-state index in [1.165, 1.54) is 5.56 Å². The number of hydrogen-bond acceptors (Lipinski definition) is 3. The number of amides is 1. The molecule has 3 rings (SSSR count). The molecule has 0 aliphatic carbocycles. The van der Waals surface area contributed by atoms with E-state index in [4.69, 9.17) is 0 Å². The van der Waals surface area contributed by atoms with E-state index in [0.29, 0.717) is 12.4 Å². The molecule has 2 aromatic heterocycles. The first-order valence-corrected chi connectivity index (χ1v) is 8.18. The van der Waals surface area contributed by atoms with Crippen molar-refractivity contribution in [3.63, 3.8) is 0 Å². The number of aryl methyl sites for hydroxylation is 1. The number of H-pyrrole nitrogens is 1. The number of benzene rings is 1. The van der Waals surface area contributed by atoms with Gasteiger partial charge in [-0.15, -0.1) is 11.3 Å². The maximum atomic E-state index is 12.6. The van der Waals surface area contributed by atoms with Gasteiger partial charge in [-0.3, -0.25) is 14.8 Å². The Morgan fingerprint density at radius 1 is 1.26 bits per heavy atom. The van der Waals surface area contributed by atoms with E-state index >= 15 is 0 Å². The highest BCUT2D eigenvalue weighted by Crippen LogP contribution is 2.18. The monoisotopic (exact) mass is 323 g/mol. The molecule has 0 radical (unpaired) electrons. The second-order valence-corrected chi connectivity index (χ2v) is 6.22. The first kappa shape index (κ1) is 15.2. The molecule has 0 atom stereocenters. The fourth-order valence-corrected chi connectivity index (χ4v) is 2.87. The SMILES string of the molecule is Cc1ccc(C=CC(=O)N(Cc2cccs2)c2ccn[nH]2)cc1. The third kappa shape index (κ3) is 3.96. The minimum absolute atomic E-state index is 0.0803. The third-order valence-electron chi connectivity index (χ3n) is 3.43. The first-order valence-electron chi connectivity index (χ1n) is 7.30. The molecule has 1 aromatic carbocycles. The van der Waals surface area contributed by atoms with E-state index in [1.54, 1.807) is 34.6 Å². The molecule has 5 heteroatoms. The van der Waals surface area contributed by atoms with Gasteiger partial charge in [-0.1, -0.05) is 35.9 Å². The molecule has 116 valence electrons. The van der Waals surface area contributed by atoms with E-state index in [1.807, 2.05) is 54.8 Å². The number of aromatic amines is 1. The van der Waals surface area contributed by atoms with E-state index in [2.05, 4.69) is 10.2 Å². The number of nitrogens with one attached hydrogen (secondary N) is 1. The number of anilines is 1. The fourth-order valence-electron chi connectivity index (χ4n) is 2.17. The maximum Gasteiger partial charge on any atom is 0.252 e. The number of nitrogens with zero attached hydrogens (tertiary/aromatic N) is 2. The first-order chi connectivity index (χ1) is 11.2. The third-order valence-corrected chi connectivity index (χ3v) is 4.29. The number of carbonyl (C=O) groups is 1. The molecule has 1 N–H and O–H groups in total. The van der Waals surface area contributed by atoms with Crippen LogP contribution in [0.2, 0.25) is 0 Å². The molecule has 0 unspecified atom stereocenters. The van der Waals surface area contributed by atoms with Gasteiger partial charge in [-0.25, -0.2) is 0 Å². The Hall–Kier alpha value is -2.66. The maximum absolute atomic E-state index is 12.6. The smallest absolute Gasteiger partial charge is 0.252 e. The molecule has 0 aliphatic rings. The summed E-state index contributed by atoms with van der Waals surface area (Å²) < 4.78 is 0. The van der Waals surface area contributed by atoms with Gasteiger partial charge in [0, 0.05) is 17.0 Å². The Morgan fingerprint density at radius 3 is 2.74 bits per heavy atom. The minimum Gasteiger partial charge on any atom is -0.288 e. The van der Waals surface area contributed by atoms with Gasteiger partial charge in [0.25, 0.3) is 5.91 Å². The summed E-state index contributed by atoms with van der Waals surface area (Å²) in [4.78, 5) is 15.4. The topological polar surface area (TPSA) is 49.0 Å². The highest BCUT2D eigenvalue weighted by atomic mass is 32.1. The van der Waals surface area contributed by atoms with E-state index in [0.717, 1.165) is 10.4 Å². The van der Waals surface area contributed by atoms with Gasteiger partial charge < -0.3 is 0 Å². The van der Waals surface area contributed by atoms with Crippen LogP contribution >= 0.6 is 11.3 Å². The standard InChI is InChI=1S/C18H17N3OS/c1-14-4-6-15(7-5-14)8-9-18(22)21(17-10-11-19-20-17)13-16-3-2-12-23-16/h2-12H,13H2,1H3,(H,19,20). The molecule has 2 heterocycles. The van der Waals surface area contributed by atoms with Crippen molar-refractivity contribution in [1.29, 1.82) is 0 Å². The Bertz CT molecular complexity index is 774. The molecule has 1 amide bonds. The number of carbonyl (C=O) groups excluding carboxylic acids is 1. The number of aromatic nitrogens is 2. The van der Waals surface area contributed by atoms with Crippen LogP contribution in [0.1, 0.15) is 16.0 Å². The van der Waals surface area contributed by atoms with E-state index < -0.39 is 0 Å². The highest BCUT2D eigenvalue weighted by molar-refractivity contribution is 7.09. The number of thiophene rings is 1. The Morgan fingerprint density at radius 2 is 2.09 bits per heavy atom. The molecule has 0 bridgehead atoms. The molecule has 0 saturated heterocycles. The second-order valence-electron chi connectivity index (χ2n) is 5.19. The summed E-state index contributed by atoms with van der Waals surface area (Å²) >= 11 is 1.63. The number of rotatable bonds is 5. The van der Waals surface area contributed by atoms with Gasteiger partial charge in [-0.05, 0) is 30.0 Å². The van der Waals surface area contributed by atoms with Crippen LogP contribution in [-0.2, 0) is 11.3 Å². The van der Waals surface area contributed by atoms with Crippen LogP contribution in [0.4, 0.5) is 5.82 Å². The van der Waals surface area contributed by atoms with Gasteiger partial charge in [0.2, 0.25) is 0 Å². The molecular formula is C18H17N3OS. The van der Waals surface area contributed by atoms with Gasteiger partial charge >= 0.3 is 0 Å². The molecule has 0 spiro atoms. The van der Waals surface area contributed by atoms with Crippen molar-refractivity contribution in [2.75, 3.05) is 4.90 Å². The van der Waals surface area contributed by atoms with Crippen molar-refractivity contribution in [2.45, 2.75) is 13.5 Å². The van der Waals surface area contributed by atoms with Gasteiger partial charge in [-0.2, -0.15) is 5.10 Å². The summed E-state index contributed by atoms with van der Waals surface area (Å²) in [6, 6.07) is 13.9. The van der Waals surface area contributed by atoms with Crippen LogP contribution in [0.15, 0.2) is 60.1 Å². The summed E-state index contributed by atoms with van der Waals surface area (Å²) in [6.45, 7) is 2.57. The molecular weight excluding hydrogens is 306 g/mol. The van der Waals surface area contributed by atoms with E-state index in [9.17, 15) is 4.79 Å². The lowest BCUT2D eigenvalue weighted by molar-refractivity contribution is -0.114. The summed E-state index contributed by atoms with van der Waals surface area (Å²) in [5, 5.41) is 8.81. The van der Waals surface area contributed by atoms with Crippen LogP contribution in [0, 0.1) is 6.92 Å². The molecule has 0 saturated carbocycles. The van der Waals surface area contributed by atoms with Crippen LogP contribution in [0.5, 0.6) is 0 Å². The van der Waals surface area contributed by atoms with Crippen molar-refractivity contribution in [3.8, 4) is 0 Å². The van der Waals surface area contributed by atoms with Gasteiger partial charge in [0.15, 0.2) is 0 Å². The lowest BCUT2D eigenvalue weighted by atomic mass is 10.1. The quantitative estimate of drug-likeness (QED) is 0.721. The predicted octanol–water partition coefficient (Wildman–Crippen LogP) is 4.03. The van der Waals surface area contributed by atoms with Crippen LogP contribution in [0.25, 0.3) is 6.08 Å². The summed E-state index contributed by atoms with van der Waals surface area (Å²) in [5.41, 5.74) is 2.20. The van der Waals surface area contributed by atoms with Crippen molar-refractivity contribution in [1.82, 2.24) is 10.2 Å². The van der Waals surface area contributed by atoms with Gasteiger partial charge in [0.1, 0.15) is 5.82 Å². The largest absolute Gasteiger partial charge is 0.288 e. The Kier molecular flexibility index (Phi) is 4.68. The van der Waals surface area contributed by atoms with Crippen LogP contribution in [-0.4, -0.2) is 16.1 Å². The van der Waals surface area contributed by atoms with E-state index in [-0.39, 0.29) is 5.91 Å². The summed E-state index contributed by atoms with van der Waals surface area (Å²) in [6.07, 6.45) is 5.08. The normalized spacial score (nSPS) is 11.0. The summed E-state index contributed by atoms with van der Waals surface area (Å²) in [5.74, 6) is 0.611. The van der Waals surface area contributed by atoms with Crippen LogP contribution < -0.4 is 4.90 Å². The number of hydrogen-bond donors (Lipinski definition) is 1. The second kappa shape index (κ2) is 7.07. The zero-order chi connectivity index (χ0) is 16.1. The Labute approximate surface area is 139 Å². The predicted molar refractivity (Wildman–Crippen MR) is 94.3 cm³/mol. The molecule has 0 fully saturated rings. The van der Waals surface area contributed by atoms with Crippen molar-refractivity contribution in [3.05, 3.63) is 76.1 Å². The Balaban J connectivity index is 1.78. The van der Waals surface area contributed by atoms with Crippen LogP contribution in [0.3, 0.4) is 0 Å². The zero-order valence-corrected chi connectivity index (χ0v) is 13.6. The lowest BCUT2D eigenvalue weighted by Gasteiger charge is -2.18. The molecule has 23 heavy (non-hydrogen) atoms. The van der Waals surface area contributed by atoms with Crippen molar-refractivity contribution in [2.24, 2.45) is 0 Å². The molecule has 0 aliphatic heterocycles. The molecule has 4 nitrogen and oxygen atoms in total. The average molecular weight is 323 g/mol. The zero-order valence-electron chi connectivity index (χ0n) is 12.8.